The first-order chi connectivity index (χ1) is 8.08. The number of rotatable bonds is 5. The molecule has 0 N–H and O–H groups in total. The van der Waals surface area contributed by atoms with E-state index in [1.807, 2.05) is 36.1 Å². The van der Waals surface area contributed by atoms with Crippen molar-refractivity contribution >= 4 is 17.5 Å². The predicted octanol–water partition coefficient (Wildman–Crippen LogP) is 3.54. The van der Waals surface area contributed by atoms with Crippen molar-refractivity contribution in [1.29, 1.82) is 0 Å². The molecule has 3 heteroatoms. The Hall–Kier alpha value is -1.02. The fraction of sp³-hybridized carbons (Fsp3) is 0.500. The molecule has 0 aliphatic carbocycles. The van der Waals surface area contributed by atoms with E-state index in [-0.39, 0.29) is 5.91 Å². The number of carbonyl (C=O) groups excluding carboxylic acids is 1. The second-order valence-corrected chi connectivity index (χ2v) is 4.84. The topological polar surface area (TPSA) is 20.3 Å². The van der Waals surface area contributed by atoms with Crippen LogP contribution in [0.5, 0.6) is 0 Å². The molecule has 0 bridgehead atoms. The van der Waals surface area contributed by atoms with Gasteiger partial charge in [-0.25, -0.2) is 0 Å². The van der Waals surface area contributed by atoms with Crippen molar-refractivity contribution in [3.8, 4) is 0 Å². The average Bonchev–Trinajstić information content (AvgIpc) is 2.35. The number of benzene rings is 1. The number of nitrogens with zero attached hydrogens (tertiary/aromatic N) is 1. The zero-order valence-electron chi connectivity index (χ0n) is 10.7. The molecular formula is C14H20ClNO. The molecule has 17 heavy (non-hydrogen) atoms. The molecular weight excluding hydrogens is 234 g/mol. The van der Waals surface area contributed by atoms with Crippen molar-refractivity contribution in [3.63, 3.8) is 0 Å². The first-order valence-electron chi connectivity index (χ1n) is 6.02. The van der Waals surface area contributed by atoms with Gasteiger partial charge in [-0.2, -0.15) is 0 Å². The summed E-state index contributed by atoms with van der Waals surface area (Å²) in [6.07, 6.45) is 0. The lowest BCUT2D eigenvalue weighted by Crippen LogP contribution is -2.33. The molecule has 0 atom stereocenters. The molecule has 0 unspecified atom stereocenters. The van der Waals surface area contributed by atoms with Crippen LogP contribution in [0.25, 0.3) is 0 Å². The Balaban J connectivity index is 2.78. The van der Waals surface area contributed by atoms with Gasteiger partial charge in [-0.15, -0.1) is 11.6 Å². The second-order valence-electron chi connectivity index (χ2n) is 4.57. The molecule has 1 rings (SSSR count). The molecule has 1 amide bonds. The van der Waals surface area contributed by atoms with Crippen molar-refractivity contribution in [2.45, 2.75) is 26.7 Å². The maximum Gasteiger partial charge on any atom is 0.253 e. The first kappa shape index (κ1) is 14.0. The third-order valence-electron chi connectivity index (χ3n) is 2.61. The summed E-state index contributed by atoms with van der Waals surface area (Å²) in [5, 5.41) is 0. The van der Waals surface area contributed by atoms with E-state index in [2.05, 4.69) is 13.8 Å². The van der Waals surface area contributed by atoms with E-state index >= 15 is 0 Å². The van der Waals surface area contributed by atoms with Gasteiger partial charge in [0.25, 0.3) is 5.91 Å². The second kappa shape index (κ2) is 6.65. The highest BCUT2D eigenvalue weighted by atomic mass is 35.5. The molecule has 0 spiro atoms. The van der Waals surface area contributed by atoms with Gasteiger partial charge >= 0.3 is 0 Å². The van der Waals surface area contributed by atoms with Gasteiger partial charge in [0.15, 0.2) is 0 Å². The first-order valence-corrected chi connectivity index (χ1v) is 6.56. The Labute approximate surface area is 109 Å². The minimum Gasteiger partial charge on any atom is -0.339 e. The molecule has 0 aromatic heterocycles. The van der Waals surface area contributed by atoms with Crippen molar-refractivity contribution in [3.05, 3.63) is 35.4 Å². The molecule has 1 aromatic carbocycles. The van der Waals surface area contributed by atoms with Gasteiger partial charge in [0, 0.05) is 24.5 Å². The summed E-state index contributed by atoms with van der Waals surface area (Å²) in [5.74, 6) is 1.07. The Morgan fingerprint density at radius 3 is 2.29 bits per heavy atom. The molecule has 0 radical (unpaired) electrons. The predicted molar refractivity (Wildman–Crippen MR) is 72.4 cm³/mol. The van der Waals surface area contributed by atoms with Crippen molar-refractivity contribution < 1.29 is 4.79 Å². The maximum atomic E-state index is 12.2. The largest absolute Gasteiger partial charge is 0.339 e. The fourth-order valence-corrected chi connectivity index (χ4v) is 1.89. The number of hydrogen-bond acceptors (Lipinski definition) is 1. The molecule has 94 valence electrons. The molecule has 0 fully saturated rings. The fourth-order valence-electron chi connectivity index (χ4n) is 1.72. The number of alkyl halides is 1. The van der Waals surface area contributed by atoms with Crippen LogP contribution in [0.15, 0.2) is 24.3 Å². The standard InChI is InChI=1S/C14H20ClNO/c1-4-16(10-11(2)3)14(17)13-7-5-12(9-15)6-8-13/h5-8,11H,4,9-10H2,1-3H3. The van der Waals surface area contributed by atoms with Crippen LogP contribution in [0, 0.1) is 5.92 Å². The number of hydrogen-bond donors (Lipinski definition) is 0. The summed E-state index contributed by atoms with van der Waals surface area (Å²) in [6.45, 7) is 7.79. The molecule has 0 saturated carbocycles. The van der Waals surface area contributed by atoms with Crippen LogP contribution in [0.4, 0.5) is 0 Å². The van der Waals surface area contributed by atoms with Crippen LogP contribution >= 0.6 is 11.6 Å². The van der Waals surface area contributed by atoms with Crippen molar-refractivity contribution in [2.75, 3.05) is 13.1 Å². The van der Waals surface area contributed by atoms with E-state index in [0.717, 1.165) is 24.2 Å². The zero-order valence-corrected chi connectivity index (χ0v) is 11.5. The third kappa shape index (κ3) is 4.04. The van der Waals surface area contributed by atoms with Gasteiger partial charge in [-0.1, -0.05) is 26.0 Å². The van der Waals surface area contributed by atoms with Crippen LogP contribution in [-0.4, -0.2) is 23.9 Å². The van der Waals surface area contributed by atoms with Crippen LogP contribution in [-0.2, 0) is 5.88 Å². The van der Waals surface area contributed by atoms with E-state index in [1.165, 1.54) is 0 Å². The smallest absolute Gasteiger partial charge is 0.253 e. The Bertz CT molecular complexity index is 359. The van der Waals surface area contributed by atoms with Crippen molar-refractivity contribution in [1.82, 2.24) is 4.90 Å². The van der Waals surface area contributed by atoms with Gasteiger partial charge in [0.1, 0.15) is 0 Å². The van der Waals surface area contributed by atoms with E-state index in [1.54, 1.807) is 0 Å². The van der Waals surface area contributed by atoms with Gasteiger partial charge in [0.2, 0.25) is 0 Å². The summed E-state index contributed by atoms with van der Waals surface area (Å²) < 4.78 is 0. The lowest BCUT2D eigenvalue weighted by molar-refractivity contribution is 0.0746. The summed E-state index contributed by atoms with van der Waals surface area (Å²) in [6, 6.07) is 7.51. The minimum absolute atomic E-state index is 0.0994. The summed E-state index contributed by atoms with van der Waals surface area (Å²) in [4.78, 5) is 14.1. The highest BCUT2D eigenvalue weighted by molar-refractivity contribution is 6.17. The molecule has 0 heterocycles. The third-order valence-corrected chi connectivity index (χ3v) is 2.92. The van der Waals surface area contributed by atoms with Gasteiger partial charge in [-0.3, -0.25) is 4.79 Å². The van der Waals surface area contributed by atoms with Crippen LogP contribution < -0.4 is 0 Å². The Morgan fingerprint density at radius 1 is 1.29 bits per heavy atom. The molecule has 1 aromatic rings. The van der Waals surface area contributed by atoms with Gasteiger partial charge in [-0.05, 0) is 30.5 Å². The number of carbonyl (C=O) groups is 1. The Morgan fingerprint density at radius 2 is 1.88 bits per heavy atom. The maximum absolute atomic E-state index is 12.2. The normalized spacial score (nSPS) is 10.6. The molecule has 0 aliphatic heterocycles. The number of amides is 1. The minimum atomic E-state index is 0.0994. The highest BCUT2D eigenvalue weighted by Crippen LogP contribution is 2.10. The zero-order chi connectivity index (χ0) is 12.8. The lowest BCUT2D eigenvalue weighted by Gasteiger charge is -2.23. The quantitative estimate of drug-likeness (QED) is 0.735. The highest BCUT2D eigenvalue weighted by Gasteiger charge is 2.14. The summed E-state index contributed by atoms with van der Waals surface area (Å²) in [7, 11) is 0. The van der Waals surface area contributed by atoms with E-state index < -0.39 is 0 Å². The van der Waals surface area contributed by atoms with Crippen LogP contribution in [0.2, 0.25) is 0 Å². The average molecular weight is 254 g/mol. The van der Waals surface area contributed by atoms with Gasteiger partial charge < -0.3 is 4.90 Å². The van der Waals surface area contributed by atoms with Crippen molar-refractivity contribution in [2.24, 2.45) is 5.92 Å². The van der Waals surface area contributed by atoms with E-state index in [9.17, 15) is 4.79 Å². The summed E-state index contributed by atoms with van der Waals surface area (Å²) in [5.41, 5.74) is 1.77. The molecule has 0 aliphatic rings. The van der Waals surface area contributed by atoms with Crippen LogP contribution in [0.1, 0.15) is 36.7 Å². The monoisotopic (exact) mass is 253 g/mol. The molecule has 0 saturated heterocycles. The van der Waals surface area contributed by atoms with Gasteiger partial charge in [0.05, 0.1) is 0 Å². The SMILES string of the molecule is CCN(CC(C)C)C(=O)c1ccc(CCl)cc1. The summed E-state index contributed by atoms with van der Waals surface area (Å²) >= 11 is 5.72. The molecule has 2 nitrogen and oxygen atoms in total. The van der Waals surface area contributed by atoms with E-state index in [4.69, 9.17) is 11.6 Å². The lowest BCUT2D eigenvalue weighted by atomic mass is 10.1. The van der Waals surface area contributed by atoms with E-state index in [0.29, 0.717) is 11.8 Å². The Kier molecular flexibility index (Phi) is 5.49. The number of halogens is 1. The van der Waals surface area contributed by atoms with Crippen LogP contribution in [0.3, 0.4) is 0 Å².